The molecule has 1 saturated heterocycles. The van der Waals surface area contributed by atoms with E-state index in [1.807, 2.05) is 12.1 Å². The number of aliphatic hydroxyl groups is 1. The van der Waals surface area contributed by atoms with Crippen LogP contribution in [0.2, 0.25) is 5.02 Å². The molecule has 21 heavy (non-hydrogen) atoms. The van der Waals surface area contributed by atoms with Crippen molar-refractivity contribution in [3.05, 3.63) is 29.3 Å². The first kappa shape index (κ1) is 16.2. The first-order valence-corrected chi connectivity index (χ1v) is 7.88. The van der Waals surface area contributed by atoms with Crippen LogP contribution in [0.15, 0.2) is 24.3 Å². The van der Waals surface area contributed by atoms with Gasteiger partial charge < -0.3 is 20.2 Å². The number of anilines is 1. The van der Waals surface area contributed by atoms with Crippen LogP contribution >= 0.6 is 11.6 Å². The number of piperazine rings is 1. The van der Waals surface area contributed by atoms with Crippen molar-refractivity contribution in [2.45, 2.75) is 6.42 Å². The SMILES string of the molecule is O=C(CC[NH+]1CC[NH+](CCO)CC1)Nc1ccc(Cl)cc1. The Morgan fingerprint density at radius 2 is 1.67 bits per heavy atom. The normalized spacial score (nSPS) is 22.0. The largest absolute Gasteiger partial charge is 0.391 e. The predicted molar refractivity (Wildman–Crippen MR) is 82.9 cm³/mol. The highest BCUT2D eigenvalue weighted by Crippen LogP contribution is 2.13. The fraction of sp³-hybridized carbons (Fsp3) is 0.533. The molecule has 0 aromatic heterocycles. The van der Waals surface area contributed by atoms with Crippen LogP contribution in [-0.2, 0) is 4.79 Å². The van der Waals surface area contributed by atoms with Crippen LogP contribution in [0.5, 0.6) is 0 Å². The molecule has 0 saturated carbocycles. The first-order valence-electron chi connectivity index (χ1n) is 7.51. The van der Waals surface area contributed by atoms with Gasteiger partial charge in [-0.15, -0.1) is 0 Å². The van der Waals surface area contributed by atoms with Crippen LogP contribution in [-0.4, -0.2) is 56.9 Å². The summed E-state index contributed by atoms with van der Waals surface area (Å²) in [5.74, 6) is 0.0509. The van der Waals surface area contributed by atoms with E-state index in [4.69, 9.17) is 16.7 Å². The number of benzene rings is 1. The topological polar surface area (TPSA) is 58.2 Å². The van der Waals surface area contributed by atoms with E-state index in [0.717, 1.165) is 45.0 Å². The van der Waals surface area contributed by atoms with Crippen LogP contribution in [0.4, 0.5) is 5.69 Å². The second kappa shape index (κ2) is 8.34. The lowest BCUT2D eigenvalue weighted by Gasteiger charge is -2.29. The summed E-state index contributed by atoms with van der Waals surface area (Å²) in [6.07, 6.45) is 0.535. The molecule has 0 radical (unpaired) electrons. The van der Waals surface area contributed by atoms with Crippen molar-refractivity contribution in [2.24, 2.45) is 0 Å². The maximum atomic E-state index is 11.9. The summed E-state index contributed by atoms with van der Waals surface area (Å²) in [5, 5.41) is 12.5. The van der Waals surface area contributed by atoms with E-state index in [9.17, 15) is 4.79 Å². The van der Waals surface area contributed by atoms with Crippen molar-refractivity contribution < 1.29 is 19.7 Å². The van der Waals surface area contributed by atoms with Gasteiger partial charge in [0.25, 0.3) is 0 Å². The van der Waals surface area contributed by atoms with Crippen LogP contribution < -0.4 is 15.1 Å². The van der Waals surface area contributed by atoms with Gasteiger partial charge in [-0.1, -0.05) is 11.6 Å². The smallest absolute Gasteiger partial charge is 0.230 e. The van der Waals surface area contributed by atoms with E-state index in [2.05, 4.69) is 5.32 Å². The number of amides is 1. The number of rotatable bonds is 6. The molecule has 2 rings (SSSR count). The molecule has 5 nitrogen and oxygen atoms in total. The maximum absolute atomic E-state index is 11.9. The third-order valence-corrected chi connectivity index (χ3v) is 4.22. The highest BCUT2D eigenvalue weighted by Gasteiger charge is 2.22. The molecule has 0 bridgehead atoms. The monoisotopic (exact) mass is 313 g/mol. The molecule has 1 amide bonds. The lowest BCUT2D eigenvalue weighted by molar-refractivity contribution is -1.01. The second-order valence-corrected chi connectivity index (χ2v) is 5.97. The minimum Gasteiger partial charge on any atom is -0.391 e. The Hall–Kier alpha value is -1.14. The molecular weight excluding hydrogens is 290 g/mol. The molecule has 0 atom stereocenters. The van der Waals surface area contributed by atoms with E-state index < -0.39 is 0 Å². The van der Waals surface area contributed by atoms with Gasteiger partial charge in [0.15, 0.2) is 0 Å². The van der Waals surface area contributed by atoms with Gasteiger partial charge in [0.05, 0.1) is 19.6 Å². The number of hydrogen-bond acceptors (Lipinski definition) is 2. The zero-order valence-corrected chi connectivity index (χ0v) is 13.0. The van der Waals surface area contributed by atoms with Crippen LogP contribution in [0.1, 0.15) is 6.42 Å². The lowest BCUT2D eigenvalue weighted by Crippen LogP contribution is -3.28. The van der Waals surface area contributed by atoms with E-state index in [1.54, 1.807) is 12.1 Å². The zero-order valence-electron chi connectivity index (χ0n) is 12.2. The van der Waals surface area contributed by atoms with Gasteiger partial charge >= 0.3 is 0 Å². The van der Waals surface area contributed by atoms with E-state index in [1.165, 1.54) is 9.80 Å². The fourth-order valence-corrected chi connectivity index (χ4v) is 2.79. The number of nitrogens with one attached hydrogen (secondary N) is 3. The van der Waals surface area contributed by atoms with Gasteiger partial charge in [0, 0.05) is 10.7 Å². The molecule has 0 aliphatic carbocycles. The molecule has 1 heterocycles. The zero-order chi connectivity index (χ0) is 15.1. The molecule has 0 spiro atoms. The molecule has 0 unspecified atom stereocenters. The Morgan fingerprint density at radius 3 is 2.24 bits per heavy atom. The van der Waals surface area contributed by atoms with Crippen LogP contribution in [0.25, 0.3) is 0 Å². The summed E-state index contributed by atoms with van der Waals surface area (Å²) in [4.78, 5) is 14.9. The molecule has 1 aliphatic rings. The molecule has 4 N–H and O–H groups in total. The summed E-state index contributed by atoms with van der Waals surface area (Å²) in [7, 11) is 0. The average Bonchev–Trinajstić information content (AvgIpc) is 2.49. The third-order valence-electron chi connectivity index (χ3n) is 3.96. The molecule has 6 heteroatoms. The Labute approximate surface area is 130 Å². The van der Waals surface area contributed by atoms with Gasteiger partial charge in [-0.05, 0) is 24.3 Å². The summed E-state index contributed by atoms with van der Waals surface area (Å²) in [6.45, 7) is 6.26. The Morgan fingerprint density at radius 1 is 1.10 bits per heavy atom. The number of halogens is 1. The average molecular weight is 314 g/mol. The summed E-state index contributed by atoms with van der Waals surface area (Å²) >= 11 is 5.81. The number of carbonyl (C=O) groups is 1. The highest BCUT2D eigenvalue weighted by molar-refractivity contribution is 6.30. The van der Waals surface area contributed by atoms with Gasteiger partial charge in [-0.2, -0.15) is 0 Å². The molecule has 1 aliphatic heterocycles. The van der Waals surface area contributed by atoms with Crippen molar-refractivity contribution in [3.8, 4) is 0 Å². The number of quaternary nitrogens is 2. The number of carbonyl (C=O) groups excluding carboxylic acids is 1. The summed E-state index contributed by atoms with van der Waals surface area (Å²) < 4.78 is 0. The minimum absolute atomic E-state index is 0.0509. The minimum atomic E-state index is 0.0509. The standard InChI is InChI=1S/C15H22ClN3O2/c16-13-1-3-14(4-2-13)17-15(21)5-6-18-7-9-19(10-8-18)11-12-20/h1-4,20H,5-12H2,(H,17,21)/p+2. The van der Waals surface area contributed by atoms with Gasteiger partial charge in [0.1, 0.15) is 32.7 Å². The molecular formula is C15H24ClN3O2+2. The van der Waals surface area contributed by atoms with Crippen LogP contribution in [0.3, 0.4) is 0 Å². The summed E-state index contributed by atoms with van der Waals surface area (Å²) in [6, 6.07) is 7.16. The number of aliphatic hydroxyl groups excluding tert-OH is 1. The quantitative estimate of drug-likeness (QED) is 0.514. The Bertz CT molecular complexity index is 445. The molecule has 1 aromatic rings. The van der Waals surface area contributed by atoms with E-state index in [0.29, 0.717) is 11.4 Å². The van der Waals surface area contributed by atoms with E-state index in [-0.39, 0.29) is 12.5 Å². The highest BCUT2D eigenvalue weighted by atomic mass is 35.5. The van der Waals surface area contributed by atoms with Crippen molar-refractivity contribution in [3.63, 3.8) is 0 Å². The van der Waals surface area contributed by atoms with Gasteiger partial charge in [-0.3, -0.25) is 4.79 Å². The van der Waals surface area contributed by atoms with E-state index >= 15 is 0 Å². The Kier molecular flexibility index (Phi) is 6.45. The van der Waals surface area contributed by atoms with Crippen molar-refractivity contribution in [1.29, 1.82) is 0 Å². The molecule has 116 valence electrons. The Balaban J connectivity index is 1.66. The second-order valence-electron chi connectivity index (χ2n) is 5.53. The van der Waals surface area contributed by atoms with Crippen molar-refractivity contribution in [1.82, 2.24) is 0 Å². The van der Waals surface area contributed by atoms with Gasteiger partial charge in [-0.25, -0.2) is 0 Å². The van der Waals surface area contributed by atoms with Crippen molar-refractivity contribution >= 4 is 23.2 Å². The first-order chi connectivity index (χ1) is 10.2. The number of hydrogen-bond donors (Lipinski definition) is 4. The maximum Gasteiger partial charge on any atom is 0.230 e. The fourth-order valence-electron chi connectivity index (χ4n) is 2.66. The van der Waals surface area contributed by atoms with Gasteiger partial charge in [0.2, 0.25) is 5.91 Å². The van der Waals surface area contributed by atoms with Crippen molar-refractivity contribution in [2.75, 3.05) is 51.2 Å². The summed E-state index contributed by atoms with van der Waals surface area (Å²) in [5.41, 5.74) is 0.789. The van der Waals surface area contributed by atoms with Crippen LogP contribution in [0, 0.1) is 0 Å². The lowest BCUT2D eigenvalue weighted by atomic mass is 10.2. The predicted octanol–water partition coefficient (Wildman–Crippen LogP) is -1.56. The molecule has 1 fully saturated rings. The third kappa shape index (κ3) is 5.63. The molecule has 1 aromatic carbocycles.